The Hall–Kier alpha value is -2.76. The van der Waals surface area contributed by atoms with Gasteiger partial charge in [-0.05, 0) is 49.1 Å². The molecule has 0 bridgehead atoms. The van der Waals surface area contributed by atoms with E-state index in [1.165, 1.54) is 0 Å². The van der Waals surface area contributed by atoms with E-state index >= 15 is 0 Å². The van der Waals surface area contributed by atoms with Crippen LogP contribution in [0.4, 0.5) is 10.5 Å². The van der Waals surface area contributed by atoms with E-state index in [4.69, 9.17) is 9.47 Å². The van der Waals surface area contributed by atoms with Crippen molar-refractivity contribution in [1.29, 1.82) is 0 Å². The number of carbonyl (C=O) groups excluding carboxylic acids is 1. The van der Waals surface area contributed by atoms with Gasteiger partial charge in [0.15, 0.2) is 11.5 Å². The maximum Gasteiger partial charge on any atom is 0.322 e. The number of pyridine rings is 1. The van der Waals surface area contributed by atoms with Crippen molar-refractivity contribution in [1.82, 2.24) is 9.88 Å². The van der Waals surface area contributed by atoms with Crippen LogP contribution in [0, 0.1) is 6.92 Å². The summed E-state index contributed by atoms with van der Waals surface area (Å²) >= 11 is 0. The van der Waals surface area contributed by atoms with Crippen LogP contribution >= 0.6 is 0 Å². The van der Waals surface area contributed by atoms with Crippen molar-refractivity contribution in [3.8, 4) is 11.5 Å². The van der Waals surface area contributed by atoms with Gasteiger partial charge in [-0.3, -0.25) is 4.98 Å². The van der Waals surface area contributed by atoms with Crippen LogP contribution < -0.4 is 14.8 Å². The molecule has 3 heterocycles. The molecule has 1 aromatic carbocycles. The van der Waals surface area contributed by atoms with Gasteiger partial charge in [-0.15, -0.1) is 0 Å². The minimum Gasteiger partial charge on any atom is -0.486 e. The molecule has 0 unspecified atom stereocenters. The second kappa shape index (κ2) is 6.63. The van der Waals surface area contributed by atoms with Gasteiger partial charge in [0.05, 0.1) is 6.04 Å². The van der Waals surface area contributed by atoms with Crippen LogP contribution in [0.5, 0.6) is 11.5 Å². The molecular formula is C19H21N3O3. The number of aryl methyl sites for hydroxylation is 1. The van der Waals surface area contributed by atoms with Gasteiger partial charge < -0.3 is 19.7 Å². The lowest BCUT2D eigenvalue weighted by Gasteiger charge is -2.27. The molecule has 25 heavy (non-hydrogen) atoms. The van der Waals surface area contributed by atoms with Gasteiger partial charge in [0.25, 0.3) is 0 Å². The standard InChI is InChI=1S/C19H21N3O3/c1-13-12-20-7-6-15(13)21-19(23)22-8-2-3-16(22)14-4-5-17-18(11-14)25-10-9-24-17/h4-7,11-12,16H,2-3,8-10H2,1H3,(H,20,21,23)/t16-/m1/s1. The van der Waals surface area contributed by atoms with Gasteiger partial charge in [-0.25, -0.2) is 4.79 Å². The van der Waals surface area contributed by atoms with Crippen molar-refractivity contribution in [2.75, 3.05) is 25.1 Å². The summed E-state index contributed by atoms with van der Waals surface area (Å²) in [5.74, 6) is 1.54. The number of aromatic nitrogens is 1. The van der Waals surface area contributed by atoms with Crippen molar-refractivity contribution in [3.63, 3.8) is 0 Å². The first-order valence-electron chi connectivity index (χ1n) is 8.60. The monoisotopic (exact) mass is 339 g/mol. The summed E-state index contributed by atoms with van der Waals surface area (Å²) in [6, 6.07) is 7.77. The highest BCUT2D eigenvalue weighted by Crippen LogP contribution is 2.38. The minimum atomic E-state index is -0.0771. The number of anilines is 1. The van der Waals surface area contributed by atoms with Gasteiger partial charge in [0, 0.05) is 24.6 Å². The average molecular weight is 339 g/mol. The molecule has 1 aromatic heterocycles. The molecule has 6 heteroatoms. The average Bonchev–Trinajstić information content (AvgIpc) is 3.13. The Bertz CT molecular complexity index is 793. The van der Waals surface area contributed by atoms with E-state index in [-0.39, 0.29) is 12.1 Å². The molecule has 0 saturated carbocycles. The summed E-state index contributed by atoms with van der Waals surface area (Å²) in [4.78, 5) is 18.7. The van der Waals surface area contributed by atoms with E-state index in [1.807, 2.05) is 36.1 Å². The molecule has 0 spiro atoms. The zero-order chi connectivity index (χ0) is 17.2. The van der Waals surface area contributed by atoms with Gasteiger partial charge in [0.2, 0.25) is 0 Å². The lowest BCUT2D eigenvalue weighted by molar-refractivity contribution is 0.170. The molecule has 1 saturated heterocycles. The number of nitrogens with one attached hydrogen (secondary N) is 1. The fourth-order valence-corrected chi connectivity index (χ4v) is 3.42. The van der Waals surface area contributed by atoms with E-state index in [0.717, 1.165) is 47.7 Å². The topological polar surface area (TPSA) is 63.7 Å². The lowest BCUT2D eigenvalue weighted by Crippen LogP contribution is -2.34. The van der Waals surface area contributed by atoms with Crippen molar-refractivity contribution < 1.29 is 14.3 Å². The first-order valence-corrected chi connectivity index (χ1v) is 8.60. The van der Waals surface area contributed by atoms with Crippen LogP contribution in [0.3, 0.4) is 0 Å². The van der Waals surface area contributed by atoms with Crippen molar-refractivity contribution >= 4 is 11.7 Å². The number of hydrogen-bond donors (Lipinski definition) is 1. The van der Waals surface area contributed by atoms with E-state index in [9.17, 15) is 4.79 Å². The van der Waals surface area contributed by atoms with E-state index in [1.54, 1.807) is 12.4 Å². The number of benzene rings is 1. The lowest BCUT2D eigenvalue weighted by atomic mass is 10.0. The molecule has 2 aromatic rings. The maximum atomic E-state index is 12.8. The van der Waals surface area contributed by atoms with Gasteiger partial charge >= 0.3 is 6.03 Å². The largest absolute Gasteiger partial charge is 0.486 e. The van der Waals surface area contributed by atoms with Gasteiger partial charge in [-0.1, -0.05) is 6.07 Å². The molecule has 0 aliphatic carbocycles. The van der Waals surface area contributed by atoms with Crippen LogP contribution in [0.15, 0.2) is 36.7 Å². The van der Waals surface area contributed by atoms with Crippen LogP contribution in [0.1, 0.15) is 30.0 Å². The van der Waals surface area contributed by atoms with Crippen LogP contribution in [-0.2, 0) is 0 Å². The molecule has 1 N–H and O–H groups in total. The number of likely N-dealkylation sites (tertiary alicyclic amines) is 1. The zero-order valence-corrected chi connectivity index (χ0v) is 14.2. The fraction of sp³-hybridized carbons (Fsp3) is 0.368. The third-order valence-corrected chi connectivity index (χ3v) is 4.73. The Morgan fingerprint density at radius 3 is 2.92 bits per heavy atom. The van der Waals surface area contributed by atoms with Crippen molar-refractivity contribution in [2.24, 2.45) is 0 Å². The summed E-state index contributed by atoms with van der Waals surface area (Å²) in [7, 11) is 0. The van der Waals surface area contributed by atoms with Crippen LogP contribution in [-0.4, -0.2) is 35.7 Å². The summed E-state index contributed by atoms with van der Waals surface area (Å²) in [6.45, 7) is 3.82. The summed E-state index contributed by atoms with van der Waals surface area (Å²) in [6.07, 6.45) is 5.37. The second-order valence-corrected chi connectivity index (χ2v) is 6.38. The number of nitrogens with zero attached hydrogens (tertiary/aromatic N) is 2. The van der Waals surface area contributed by atoms with Crippen molar-refractivity contribution in [2.45, 2.75) is 25.8 Å². The third-order valence-electron chi connectivity index (χ3n) is 4.73. The van der Waals surface area contributed by atoms with Crippen molar-refractivity contribution in [3.05, 3.63) is 47.8 Å². The highest BCUT2D eigenvalue weighted by Gasteiger charge is 2.31. The molecule has 1 fully saturated rings. The Morgan fingerprint density at radius 2 is 2.08 bits per heavy atom. The first-order chi connectivity index (χ1) is 12.2. The SMILES string of the molecule is Cc1cnccc1NC(=O)N1CCC[C@@H]1c1ccc2c(c1)OCCO2. The number of amides is 2. The number of carbonyl (C=O) groups is 1. The number of ether oxygens (including phenoxy) is 2. The van der Waals surface area contributed by atoms with E-state index in [2.05, 4.69) is 10.3 Å². The summed E-state index contributed by atoms with van der Waals surface area (Å²) in [5.41, 5.74) is 2.84. The molecule has 1 atom stereocenters. The fourth-order valence-electron chi connectivity index (χ4n) is 3.42. The predicted molar refractivity (Wildman–Crippen MR) is 94.1 cm³/mol. The number of fused-ring (bicyclic) bond motifs is 1. The summed E-state index contributed by atoms with van der Waals surface area (Å²) < 4.78 is 11.3. The Morgan fingerprint density at radius 1 is 1.24 bits per heavy atom. The molecule has 6 nitrogen and oxygen atoms in total. The number of hydrogen-bond acceptors (Lipinski definition) is 4. The van der Waals surface area contributed by atoms with Crippen LogP contribution in [0.25, 0.3) is 0 Å². The molecule has 130 valence electrons. The second-order valence-electron chi connectivity index (χ2n) is 6.38. The maximum absolute atomic E-state index is 12.8. The molecular weight excluding hydrogens is 318 g/mol. The smallest absolute Gasteiger partial charge is 0.322 e. The number of urea groups is 1. The molecule has 2 amide bonds. The van der Waals surface area contributed by atoms with E-state index < -0.39 is 0 Å². The minimum absolute atomic E-state index is 0.0537. The number of rotatable bonds is 2. The van der Waals surface area contributed by atoms with Gasteiger partial charge in [0.1, 0.15) is 13.2 Å². The zero-order valence-electron chi connectivity index (χ0n) is 14.2. The van der Waals surface area contributed by atoms with E-state index in [0.29, 0.717) is 13.2 Å². The summed E-state index contributed by atoms with van der Waals surface area (Å²) in [5, 5.41) is 3.01. The Balaban J connectivity index is 1.54. The highest BCUT2D eigenvalue weighted by atomic mass is 16.6. The molecule has 2 aliphatic heterocycles. The predicted octanol–water partition coefficient (Wildman–Crippen LogP) is 3.53. The quantitative estimate of drug-likeness (QED) is 0.909. The normalized spacial score (nSPS) is 18.9. The molecule has 4 rings (SSSR count). The van der Waals surface area contributed by atoms with Crippen LogP contribution in [0.2, 0.25) is 0 Å². The third kappa shape index (κ3) is 3.12. The molecule has 2 aliphatic rings. The molecule has 0 radical (unpaired) electrons. The Labute approximate surface area is 146 Å². The van der Waals surface area contributed by atoms with Gasteiger partial charge in [-0.2, -0.15) is 0 Å². The first kappa shape index (κ1) is 15.7. The Kier molecular flexibility index (Phi) is 4.17. The highest BCUT2D eigenvalue weighted by molar-refractivity contribution is 5.90.